The van der Waals surface area contributed by atoms with Crippen molar-refractivity contribution in [2.75, 3.05) is 5.75 Å². The molecule has 146 valence electrons. The standard InChI is InChI=1S/C25H24N2OS/c1-18-14-15-23(19(2)17-18)27-24(28)21-12-6-7-13-22(21)26-25(27)29-16-8-11-20-9-4-3-5-10-20/h3-7,9-10,12-15,17H,8,11,16H2,1-2H3. The van der Waals surface area contributed by atoms with E-state index in [4.69, 9.17) is 4.98 Å². The molecule has 0 atom stereocenters. The summed E-state index contributed by atoms with van der Waals surface area (Å²) >= 11 is 1.65. The van der Waals surface area contributed by atoms with Crippen molar-refractivity contribution in [2.24, 2.45) is 0 Å². The molecule has 0 unspecified atom stereocenters. The van der Waals surface area contributed by atoms with E-state index in [0.29, 0.717) is 5.39 Å². The van der Waals surface area contributed by atoms with Crippen LogP contribution in [0.2, 0.25) is 0 Å². The van der Waals surface area contributed by atoms with Gasteiger partial charge in [0.25, 0.3) is 5.56 Å². The van der Waals surface area contributed by atoms with Crippen LogP contribution in [0, 0.1) is 13.8 Å². The Bertz CT molecular complexity index is 1200. The summed E-state index contributed by atoms with van der Waals surface area (Å²) in [5, 5.41) is 1.41. The zero-order chi connectivity index (χ0) is 20.2. The maximum Gasteiger partial charge on any atom is 0.266 e. The van der Waals surface area contributed by atoms with E-state index in [1.165, 1.54) is 11.1 Å². The lowest BCUT2D eigenvalue weighted by molar-refractivity contribution is 0.810. The van der Waals surface area contributed by atoms with Crippen LogP contribution in [0.15, 0.2) is 82.7 Å². The Morgan fingerprint density at radius 2 is 1.69 bits per heavy atom. The number of aryl methyl sites for hydroxylation is 3. The average molecular weight is 401 g/mol. The third-order valence-corrected chi connectivity index (χ3v) is 6.05. The van der Waals surface area contributed by atoms with Crippen LogP contribution < -0.4 is 5.56 Å². The topological polar surface area (TPSA) is 34.9 Å². The Morgan fingerprint density at radius 3 is 2.48 bits per heavy atom. The summed E-state index contributed by atoms with van der Waals surface area (Å²) in [6.45, 7) is 4.12. The van der Waals surface area contributed by atoms with E-state index in [9.17, 15) is 4.79 Å². The molecule has 0 spiro atoms. The predicted octanol–water partition coefficient (Wildman–Crippen LogP) is 5.73. The maximum atomic E-state index is 13.4. The van der Waals surface area contributed by atoms with Gasteiger partial charge in [0.2, 0.25) is 0 Å². The van der Waals surface area contributed by atoms with Crippen molar-refractivity contribution in [1.29, 1.82) is 0 Å². The van der Waals surface area contributed by atoms with Gasteiger partial charge in [-0.3, -0.25) is 9.36 Å². The van der Waals surface area contributed by atoms with Crippen LogP contribution in [0.4, 0.5) is 0 Å². The van der Waals surface area contributed by atoms with Crippen LogP contribution in [0.3, 0.4) is 0 Å². The van der Waals surface area contributed by atoms with Gasteiger partial charge in [-0.2, -0.15) is 0 Å². The number of nitrogens with zero attached hydrogens (tertiary/aromatic N) is 2. The summed E-state index contributed by atoms with van der Waals surface area (Å²) < 4.78 is 1.78. The molecule has 0 fully saturated rings. The highest BCUT2D eigenvalue weighted by atomic mass is 32.2. The van der Waals surface area contributed by atoms with Gasteiger partial charge in [0, 0.05) is 5.75 Å². The van der Waals surface area contributed by atoms with Crippen LogP contribution in [0.1, 0.15) is 23.1 Å². The maximum absolute atomic E-state index is 13.4. The molecule has 0 N–H and O–H groups in total. The van der Waals surface area contributed by atoms with Gasteiger partial charge in [-0.15, -0.1) is 0 Å². The fraction of sp³-hybridized carbons (Fsp3) is 0.200. The molecule has 3 nitrogen and oxygen atoms in total. The number of aromatic nitrogens is 2. The molecule has 1 aromatic heterocycles. The number of para-hydroxylation sites is 1. The normalized spacial score (nSPS) is 11.1. The van der Waals surface area contributed by atoms with Gasteiger partial charge in [-0.1, -0.05) is 71.9 Å². The van der Waals surface area contributed by atoms with Crippen molar-refractivity contribution < 1.29 is 0 Å². The van der Waals surface area contributed by atoms with Gasteiger partial charge in [0.1, 0.15) is 0 Å². The summed E-state index contributed by atoms with van der Waals surface area (Å²) in [4.78, 5) is 18.2. The Hall–Kier alpha value is -2.85. The molecule has 0 aliphatic heterocycles. The number of benzene rings is 3. The Morgan fingerprint density at radius 1 is 0.931 bits per heavy atom. The highest BCUT2D eigenvalue weighted by Gasteiger charge is 2.14. The lowest BCUT2D eigenvalue weighted by Crippen LogP contribution is -2.22. The van der Waals surface area contributed by atoms with Crippen LogP contribution in [0.25, 0.3) is 16.6 Å². The van der Waals surface area contributed by atoms with Gasteiger partial charge < -0.3 is 0 Å². The van der Waals surface area contributed by atoms with Crippen molar-refractivity contribution in [3.05, 3.63) is 99.8 Å². The van der Waals surface area contributed by atoms with E-state index < -0.39 is 0 Å². The molecule has 4 aromatic rings. The molecule has 3 aromatic carbocycles. The number of hydrogen-bond donors (Lipinski definition) is 0. The third-order valence-electron chi connectivity index (χ3n) is 5.02. The molecule has 0 saturated heterocycles. The second kappa shape index (κ2) is 8.66. The number of rotatable bonds is 6. The SMILES string of the molecule is Cc1ccc(-n2c(SCCCc3ccccc3)nc3ccccc3c2=O)c(C)c1. The molecule has 0 saturated carbocycles. The minimum absolute atomic E-state index is 0.00638. The minimum atomic E-state index is -0.00638. The lowest BCUT2D eigenvalue weighted by atomic mass is 10.1. The molecule has 0 amide bonds. The molecule has 0 bridgehead atoms. The second-order valence-corrected chi connectivity index (χ2v) is 8.34. The number of fused-ring (bicyclic) bond motifs is 1. The summed E-state index contributed by atoms with van der Waals surface area (Å²) in [5.74, 6) is 0.907. The van der Waals surface area contributed by atoms with Gasteiger partial charge >= 0.3 is 0 Å². The quantitative estimate of drug-likeness (QED) is 0.236. The molecule has 0 aliphatic carbocycles. The van der Waals surface area contributed by atoms with E-state index in [1.807, 2.05) is 49.4 Å². The molecule has 1 heterocycles. The highest BCUT2D eigenvalue weighted by molar-refractivity contribution is 7.99. The summed E-state index contributed by atoms with van der Waals surface area (Å²) in [6.07, 6.45) is 2.06. The van der Waals surface area contributed by atoms with Gasteiger partial charge in [0.15, 0.2) is 5.16 Å². The van der Waals surface area contributed by atoms with E-state index in [-0.39, 0.29) is 5.56 Å². The lowest BCUT2D eigenvalue weighted by Gasteiger charge is -2.15. The van der Waals surface area contributed by atoms with E-state index in [0.717, 1.165) is 40.5 Å². The largest absolute Gasteiger partial charge is 0.268 e. The van der Waals surface area contributed by atoms with Crippen molar-refractivity contribution in [2.45, 2.75) is 31.8 Å². The van der Waals surface area contributed by atoms with Crippen molar-refractivity contribution >= 4 is 22.7 Å². The minimum Gasteiger partial charge on any atom is -0.268 e. The summed E-state index contributed by atoms with van der Waals surface area (Å²) in [6, 6.07) is 24.3. The van der Waals surface area contributed by atoms with Crippen LogP contribution in [-0.4, -0.2) is 15.3 Å². The van der Waals surface area contributed by atoms with Gasteiger partial charge in [-0.25, -0.2) is 4.98 Å². The molecule has 4 rings (SSSR count). The fourth-order valence-electron chi connectivity index (χ4n) is 3.56. The first-order valence-electron chi connectivity index (χ1n) is 9.89. The first kappa shape index (κ1) is 19.5. The number of thioether (sulfide) groups is 1. The Labute approximate surface area is 175 Å². The predicted molar refractivity (Wildman–Crippen MR) is 122 cm³/mol. The van der Waals surface area contributed by atoms with Crippen LogP contribution >= 0.6 is 11.8 Å². The first-order valence-corrected chi connectivity index (χ1v) is 10.9. The monoisotopic (exact) mass is 400 g/mol. The van der Waals surface area contributed by atoms with Crippen molar-refractivity contribution in [3.8, 4) is 5.69 Å². The Kier molecular flexibility index (Phi) is 5.81. The second-order valence-electron chi connectivity index (χ2n) is 7.28. The van der Waals surface area contributed by atoms with E-state index in [1.54, 1.807) is 16.3 Å². The van der Waals surface area contributed by atoms with Gasteiger partial charge in [0.05, 0.1) is 16.6 Å². The van der Waals surface area contributed by atoms with Crippen molar-refractivity contribution in [1.82, 2.24) is 9.55 Å². The summed E-state index contributed by atoms with van der Waals surface area (Å²) in [5.41, 5.74) is 5.26. The fourth-order valence-corrected chi connectivity index (χ4v) is 4.51. The average Bonchev–Trinajstić information content (AvgIpc) is 2.73. The zero-order valence-corrected chi connectivity index (χ0v) is 17.6. The van der Waals surface area contributed by atoms with Gasteiger partial charge in [-0.05, 0) is 56.0 Å². The summed E-state index contributed by atoms with van der Waals surface area (Å²) in [7, 11) is 0. The number of hydrogen-bond acceptors (Lipinski definition) is 3. The van der Waals surface area contributed by atoms with E-state index in [2.05, 4.69) is 37.3 Å². The highest BCUT2D eigenvalue weighted by Crippen LogP contribution is 2.24. The van der Waals surface area contributed by atoms with Crippen molar-refractivity contribution in [3.63, 3.8) is 0 Å². The molecule has 29 heavy (non-hydrogen) atoms. The molecular formula is C25H24N2OS. The molecule has 0 aliphatic rings. The third kappa shape index (κ3) is 4.28. The van der Waals surface area contributed by atoms with Crippen LogP contribution in [0.5, 0.6) is 0 Å². The van der Waals surface area contributed by atoms with E-state index >= 15 is 0 Å². The first-order chi connectivity index (χ1) is 14.1. The molecule has 4 heteroatoms. The molecule has 0 radical (unpaired) electrons. The van der Waals surface area contributed by atoms with Crippen LogP contribution in [-0.2, 0) is 6.42 Å². The smallest absolute Gasteiger partial charge is 0.266 e. The molecular weight excluding hydrogens is 376 g/mol. The Balaban J connectivity index is 1.69. The zero-order valence-electron chi connectivity index (χ0n) is 16.8.